The summed E-state index contributed by atoms with van der Waals surface area (Å²) in [5.74, 6) is -2.65. The summed E-state index contributed by atoms with van der Waals surface area (Å²) in [5, 5.41) is 17.8. The zero-order valence-electron chi connectivity index (χ0n) is 10.9. The summed E-state index contributed by atoms with van der Waals surface area (Å²) >= 11 is 0. The molecule has 2 unspecified atom stereocenters. The monoisotopic (exact) mass is 272 g/mol. The molecule has 0 radical (unpaired) electrons. The van der Waals surface area contributed by atoms with Gasteiger partial charge in [0.25, 0.3) is 0 Å². The first-order valence-corrected chi connectivity index (χ1v) is 4.75. The number of carbonyl (C=O) groups excluding carboxylic acids is 3. The third-order valence-corrected chi connectivity index (χ3v) is 1.82. The van der Waals surface area contributed by atoms with Crippen LogP contribution in [0.5, 0.6) is 0 Å². The summed E-state index contributed by atoms with van der Waals surface area (Å²) < 4.78 is 4.31. The molecule has 1 N–H and O–H groups in total. The molecule has 0 aromatic carbocycles. The van der Waals surface area contributed by atoms with Gasteiger partial charge >= 0.3 is 35.5 Å². The Kier molecular flexibility index (Phi) is 21.3. The van der Waals surface area contributed by atoms with Crippen LogP contribution < -0.4 is 34.7 Å². The molecule has 0 saturated carbocycles. The van der Waals surface area contributed by atoms with E-state index in [9.17, 15) is 19.5 Å². The first-order valence-electron chi connectivity index (χ1n) is 4.75. The van der Waals surface area contributed by atoms with Crippen LogP contribution in [0.2, 0.25) is 0 Å². The molecular formula is C11H21NaO6. The van der Waals surface area contributed by atoms with Gasteiger partial charge in [-0.3, -0.25) is 9.59 Å². The average molecular weight is 272 g/mol. The smallest absolute Gasteiger partial charge is 0.547 e. The molecule has 0 spiro atoms. The van der Waals surface area contributed by atoms with E-state index in [1.807, 2.05) is 0 Å². The van der Waals surface area contributed by atoms with Crippen LogP contribution in [0.4, 0.5) is 0 Å². The molecule has 0 amide bonds. The van der Waals surface area contributed by atoms with Crippen molar-refractivity contribution < 1.29 is 58.9 Å². The zero-order chi connectivity index (χ0) is 13.3. The third kappa shape index (κ3) is 13.6. The number of carboxylic acid groups (broad SMARTS) is 1. The van der Waals surface area contributed by atoms with Gasteiger partial charge in [0.05, 0.1) is 19.2 Å². The summed E-state index contributed by atoms with van der Waals surface area (Å²) in [6.07, 6.45) is -1.08. The molecule has 2 atom stereocenters. The van der Waals surface area contributed by atoms with Crippen LogP contribution in [0.15, 0.2) is 0 Å². The minimum atomic E-state index is -1.40. The first-order chi connectivity index (χ1) is 7.27. The van der Waals surface area contributed by atoms with Crippen LogP contribution in [-0.4, -0.2) is 36.0 Å². The minimum Gasteiger partial charge on any atom is -0.547 e. The van der Waals surface area contributed by atoms with E-state index in [4.69, 9.17) is 5.11 Å². The van der Waals surface area contributed by atoms with Gasteiger partial charge in [-0.2, -0.15) is 0 Å². The van der Waals surface area contributed by atoms with Gasteiger partial charge in [0.2, 0.25) is 0 Å². The maximum Gasteiger partial charge on any atom is 1.00 e. The Morgan fingerprint density at radius 1 is 1.33 bits per heavy atom. The van der Waals surface area contributed by atoms with Gasteiger partial charge in [-0.1, -0.05) is 14.4 Å². The van der Waals surface area contributed by atoms with Crippen LogP contribution in [-0.2, 0) is 19.1 Å². The van der Waals surface area contributed by atoms with E-state index >= 15 is 0 Å². The number of methoxy groups -OCH3 is 1. The Labute approximate surface area is 130 Å². The van der Waals surface area contributed by atoms with Crippen molar-refractivity contribution in [3.8, 4) is 0 Å². The fourth-order valence-electron chi connectivity index (χ4n) is 0.509. The number of aliphatic carboxylic acids is 1. The van der Waals surface area contributed by atoms with Crippen LogP contribution in [0.25, 0.3) is 0 Å². The number of Topliss-reactive ketones (excluding diaryl/α,β-unsaturated/α-hetero) is 1. The molecule has 0 heterocycles. The molecule has 0 rings (SSSR count). The van der Waals surface area contributed by atoms with Crippen molar-refractivity contribution in [2.45, 2.75) is 40.7 Å². The number of aliphatic hydroxyl groups is 1. The van der Waals surface area contributed by atoms with Gasteiger partial charge in [-0.05, 0) is 20.3 Å². The average Bonchev–Trinajstić information content (AvgIpc) is 2.26. The molecule has 102 valence electrons. The van der Waals surface area contributed by atoms with Crippen LogP contribution in [0, 0.1) is 5.92 Å². The van der Waals surface area contributed by atoms with E-state index < -0.39 is 24.0 Å². The fourth-order valence-corrected chi connectivity index (χ4v) is 0.509. The van der Waals surface area contributed by atoms with E-state index in [1.54, 1.807) is 6.92 Å². The molecule has 0 aliphatic heterocycles. The molecule has 6 nitrogen and oxygen atoms in total. The number of esters is 1. The first kappa shape index (κ1) is 26.2. The number of hydrogen-bond donors (Lipinski definition) is 1. The summed E-state index contributed by atoms with van der Waals surface area (Å²) in [6, 6.07) is 0. The largest absolute Gasteiger partial charge is 1.00 e. The van der Waals surface area contributed by atoms with Gasteiger partial charge in [-0.25, -0.2) is 0 Å². The second kappa shape index (κ2) is 14.6. The standard InChI is InChI=1S/C6H10O3.C4H8O3.CH4.Na/c1-4(5(2)7)6(8)9-3;1-2-3(5)4(6)7;;/h4H,1-3H3;3,5H,2H2,1H3,(H,6,7);1H4;/q;;;+1/p-1. The van der Waals surface area contributed by atoms with Gasteiger partial charge in [0, 0.05) is 0 Å². The minimum absolute atomic E-state index is 0. The number of hydrogen-bond acceptors (Lipinski definition) is 6. The fraction of sp³-hybridized carbons (Fsp3) is 0.727. The van der Waals surface area contributed by atoms with Crippen LogP contribution in [0.3, 0.4) is 0 Å². The molecular weight excluding hydrogens is 251 g/mol. The van der Waals surface area contributed by atoms with Crippen molar-refractivity contribution in [3.63, 3.8) is 0 Å². The Balaban J connectivity index is -0.000000100. The molecule has 0 saturated heterocycles. The van der Waals surface area contributed by atoms with Crippen molar-refractivity contribution in [3.05, 3.63) is 0 Å². The van der Waals surface area contributed by atoms with Gasteiger partial charge in [0.1, 0.15) is 11.7 Å². The number of carbonyl (C=O) groups is 3. The molecule has 0 bridgehead atoms. The number of ether oxygens (including phenoxy) is 1. The molecule has 0 aliphatic carbocycles. The van der Waals surface area contributed by atoms with Gasteiger partial charge in [0.15, 0.2) is 0 Å². The van der Waals surface area contributed by atoms with Crippen LogP contribution in [0.1, 0.15) is 34.6 Å². The number of carboxylic acids is 1. The quantitative estimate of drug-likeness (QED) is 0.324. The Morgan fingerprint density at radius 3 is 1.78 bits per heavy atom. The molecule has 0 aromatic heterocycles. The molecule has 0 aromatic rings. The normalized spacial score (nSPS) is 11.4. The van der Waals surface area contributed by atoms with E-state index in [0.717, 1.165) is 0 Å². The molecule has 18 heavy (non-hydrogen) atoms. The molecule has 0 fully saturated rings. The third-order valence-electron chi connectivity index (χ3n) is 1.82. The Bertz CT molecular complexity index is 254. The summed E-state index contributed by atoms with van der Waals surface area (Å²) in [7, 11) is 1.27. The summed E-state index contributed by atoms with van der Waals surface area (Å²) in [6.45, 7) is 4.45. The predicted molar refractivity (Wildman–Crippen MR) is 59.9 cm³/mol. The Morgan fingerprint density at radius 2 is 1.72 bits per heavy atom. The van der Waals surface area contributed by atoms with E-state index in [2.05, 4.69) is 4.74 Å². The van der Waals surface area contributed by atoms with Crippen molar-refractivity contribution >= 4 is 17.7 Å². The maximum atomic E-state index is 10.5. The predicted octanol–water partition coefficient (Wildman–Crippen LogP) is -3.47. The van der Waals surface area contributed by atoms with E-state index in [-0.39, 0.29) is 49.2 Å². The van der Waals surface area contributed by atoms with Crippen molar-refractivity contribution in [1.29, 1.82) is 0 Å². The van der Waals surface area contributed by atoms with Crippen molar-refractivity contribution in [1.82, 2.24) is 0 Å². The number of ketones is 1. The van der Waals surface area contributed by atoms with E-state index in [0.29, 0.717) is 0 Å². The molecule has 0 aliphatic rings. The maximum absolute atomic E-state index is 10.5. The topological polar surface area (TPSA) is 104 Å². The second-order valence-corrected chi connectivity index (χ2v) is 3.10. The summed E-state index contributed by atoms with van der Waals surface area (Å²) in [5.41, 5.74) is 0. The van der Waals surface area contributed by atoms with Gasteiger partial charge in [-0.15, -0.1) is 0 Å². The number of aliphatic hydroxyl groups excluding tert-OH is 1. The SMILES string of the molecule is C.CCC(O)C(=O)[O-].COC(=O)C(C)C(C)=O.[Na+]. The van der Waals surface area contributed by atoms with Gasteiger partial charge < -0.3 is 19.7 Å². The Hall–Kier alpha value is -0.430. The second-order valence-electron chi connectivity index (χ2n) is 3.10. The molecule has 7 heteroatoms. The number of rotatable bonds is 4. The van der Waals surface area contributed by atoms with Crippen molar-refractivity contribution in [2.75, 3.05) is 7.11 Å². The van der Waals surface area contributed by atoms with Crippen LogP contribution >= 0.6 is 0 Å². The van der Waals surface area contributed by atoms with Crippen molar-refractivity contribution in [2.24, 2.45) is 5.92 Å². The van der Waals surface area contributed by atoms with E-state index in [1.165, 1.54) is 21.0 Å². The zero-order valence-corrected chi connectivity index (χ0v) is 12.9. The summed E-state index contributed by atoms with van der Waals surface area (Å²) in [4.78, 5) is 30.5.